The minimum Gasteiger partial charge on any atom is -0.275 e. The molecule has 1 aromatic carbocycles. The summed E-state index contributed by atoms with van der Waals surface area (Å²) >= 11 is 6.27. The second kappa shape index (κ2) is 7.22. The molecule has 0 unspecified atom stereocenters. The van der Waals surface area contributed by atoms with Crippen LogP contribution >= 0.6 is 11.6 Å². The monoisotopic (exact) mass is 264 g/mol. The fraction of sp³-hybridized carbons (Fsp3) is 0.400. The molecule has 0 N–H and O–H groups in total. The van der Waals surface area contributed by atoms with Crippen LogP contribution in [0, 0.1) is 0 Å². The summed E-state index contributed by atoms with van der Waals surface area (Å²) in [6.45, 7) is 6.17. The summed E-state index contributed by atoms with van der Waals surface area (Å²) < 4.78 is 1.78. The van der Waals surface area contributed by atoms with Gasteiger partial charge in [0.2, 0.25) is 0 Å². The Hall–Kier alpha value is -1.28. The third kappa shape index (κ3) is 3.61. The summed E-state index contributed by atoms with van der Waals surface area (Å²) in [5, 5.41) is 4.96. The van der Waals surface area contributed by atoms with E-state index in [1.54, 1.807) is 4.68 Å². The SMILES string of the molecule is CC.CCCc1ccc(-c2cnn(C)c2)c(Cl)c1. The molecule has 3 heteroatoms. The van der Waals surface area contributed by atoms with Crippen LogP contribution in [-0.4, -0.2) is 9.78 Å². The molecule has 2 aromatic rings. The van der Waals surface area contributed by atoms with E-state index >= 15 is 0 Å². The number of aryl methyl sites for hydroxylation is 2. The van der Waals surface area contributed by atoms with E-state index < -0.39 is 0 Å². The number of benzene rings is 1. The van der Waals surface area contributed by atoms with Crippen LogP contribution in [0.5, 0.6) is 0 Å². The lowest BCUT2D eigenvalue weighted by Gasteiger charge is -2.04. The molecule has 0 fully saturated rings. The van der Waals surface area contributed by atoms with Crippen molar-refractivity contribution >= 4 is 11.6 Å². The van der Waals surface area contributed by atoms with Crippen molar-refractivity contribution in [3.8, 4) is 11.1 Å². The first-order valence-corrected chi connectivity index (χ1v) is 6.86. The maximum absolute atomic E-state index is 6.27. The van der Waals surface area contributed by atoms with Crippen molar-refractivity contribution in [2.75, 3.05) is 0 Å². The summed E-state index contributed by atoms with van der Waals surface area (Å²) in [6, 6.07) is 6.26. The molecule has 0 saturated heterocycles. The third-order valence-corrected chi connectivity index (χ3v) is 2.90. The van der Waals surface area contributed by atoms with E-state index in [9.17, 15) is 0 Å². The summed E-state index contributed by atoms with van der Waals surface area (Å²) in [4.78, 5) is 0. The lowest BCUT2D eigenvalue weighted by Crippen LogP contribution is -1.86. The van der Waals surface area contributed by atoms with E-state index in [0.717, 1.165) is 29.0 Å². The summed E-state index contributed by atoms with van der Waals surface area (Å²) in [7, 11) is 1.91. The number of aromatic nitrogens is 2. The van der Waals surface area contributed by atoms with Crippen molar-refractivity contribution < 1.29 is 0 Å². The highest BCUT2D eigenvalue weighted by molar-refractivity contribution is 6.33. The molecular weight excluding hydrogens is 244 g/mol. The number of rotatable bonds is 3. The molecule has 0 radical (unpaired) electrons. The predicted octanol–water partition coefficient (Wildman–Crippen LogP) is 4.72. The highest BCUT2D eigenvalue weighted by Crippen LogP contribution is 2.28. The second-order valence-electron chi connectivity index (χ2n) is 3.97. The van der Waals surface area contributed by atoms with Gasteiger partial charge in [0.15, 0.2) is 0 Å². The van der Waals surface area contributed by atoms with E-state index in [2.05, 4.69) is 24.2 Å². The largest absolute Gasteiger partial charge is 0.275 e. The maximum atomic E-state index is 6.27. The predicted molar refractivity (Wildman–Crippen MR) is 79.0 cm³/mol. The van der Waals surface area contributed by atoms with Crippen LogP contribution in [0.2, 0.25) is 5.02 Å². The van der Waals surface area contributed by atoms with Crippen molar-refractivity contribution in [3.05, 3.63) is 41.2 Å². The molecule has 18 heavy (non-hydrogen) atoms. The van der Waals surface area contributed by atoms with Crippen LogP contribution in [0.25, 0.3) is 11.1 Å². The van der Waals surface area contributed by atoms with Crippen LogP contribution in [0.4, 0.5) is 0 Å². The van der Waals surface area contributed by atoms with Gasteiger partial charge in [-0.05, 0) is 18.1 Å². The van der Waals surface area contributed by atoms with Gasteiger partial charge in [-0.1, -0.05) is 50.9 Å². The van der Waals surface area contributed by atoms with Crippen LogP contribution in [0.15, 0.2) is 30.6 Å². The van der Waals surface area contributed by atoms with Crippen molar-refractivity contribution in [3.63, 3.8) is 0 Å². The Bertz CT molecular complexity index is 489. The average Bonchev–Trinajstić information content (AvgIpc) is 2.79. The van der Waals surface area contributed by atoms with Gasteiger partial charge < -0.3 is 0 Å². The molecular formula is C15H21ClN2. The fourth-order valence-electron chi connectivity index (χ4n) is 1.80. The van der Waals surface area contributed by atoms with E-state index in [1.807, 2.05) is 39.4 Å². The van der Waals surface area contributed by atoms with E-state index in [4.69, 9.17) is 11.6 Å². The summed E-state index contributed by atoms with van der Waals surface area (Å²) in [5.41, 5.74) is 3.41. The zero-order valence-corrected chi connectivity index (χ0v) is 12.3. The Morgan fingerprint density at radius 2 is 2.00 bits per heavy atom. The molecule has 2 nitrogen and oxygen atoms in total. The third-order valence-electron chi connectivity index (χ3n) is 2.59. The molecule has 0 aliphatic carbocycles. The van der Waals surface area contributed by atoms with Crippen LogP contribution in [-0.2, 0) is 13.5 Å². The fourth-order valence-corrected chi connectivity index (χ4v) is 2.11. The van der Waals surface area contributed by atoms with Crippen LogP contribution < -0.4 is 0 Å². The highest BCUT2D eigenvalue weighted by atomic mass is 35.5. The quantitative estimate of drug-likeness (QED) is 0.784. The Morgan fingerprint density at radius 3 is 2.50 bits per heavy atom. The van der Waals surface area contributed by atoms with Gasteiger partial charge >= 0.3 is 0 Å². The van der Waals surface area contributed by atoms with Gasteiger partial charge in [0.25, 0.3) is 0 Å². The zero-order valence-electron chi connectivity index (χ0n) is 11.6. The van der Waals surface area contributed by atoms with Gasteiger partial charge in [0, 0.05) is 29.4 Å². The van der Waals surface area contributed by atoms with E-state index in [-0.39, 0.29) is 0 Å². The Balaban J connectivity index is 0.000000771. The molecule has 1 heterocycles. The van der Waals surface area contributed by atoms with Gasteiger partial charge in [0.05, 0.1) is 6.20 Å². The van der Waals surface area contributed by atoms with Gasteiger partial charge in [-0.3, -0.25) is 4.68 Å². The minimum absolute atomic E-state index is 0.805. The molecule has 0 aliphatic rings. The standard InChI is InChI=1S/C13H15ClN2.C2H6/c1-3-4-10-5-6-12(13(14)7-10)11-8-15-16(2)9-11;1-2/h5-9H,3-4H2,1-2H3;1-2H3. The molecule has 0 saturated carbocycles. The molecule has 2 rings (SSSR count). The normalized spacial score (nSPS) is 9.83. The van der Waals surface area contributed by atoms with E-state index in [0.29, 0.717) is 0 Å². The number of nitrogens with zero attached hydrogens (tertiary/aromatic N) is 2. The number of halogens is 1. The zero-order chi connectivity index (χ0) is 13.5. The van der Waals surface area contributed by atoms with Crippen LogP contribution in [0.1, 0.15) is 32.8 Å². The Kier molecular flexibility index (Phi) is 5.93. The lowest BCUT2D eigenvalue weighted by atomic mass is 10.0. The number of hydrogen-bond donors (Lipinski definition) is 0. The first-order chi connectivity index (χ1) is 8.70. The summed E-state index contributed by atoms with van der Waals surface area (Å²) in [6.07, 6.45) is 6.02. The smallest absolute Gasteiger partial charge is 0.0568 e. The van der Waals surface area contributed by atoms with Gasteiger partial charge in [0.1, 0.15) is 0 Å². The minimum atomic E-state index is 0.805. The topological polar surface area (TPSA) is 17.8 Å². The highest BCUT2D eigenvalue weighted by Gasteiger charge is 2.06. The van der Waals surface area contributed by atoms with Crippen LogP contribution in [0.3, 0.4) is 0 Å². The molecule has 0 spiro atoms. The maximum Gasteiger partial charge on any atom is 0.0568 e. The van der Waals surface area contributed by atoms with Crippen molar-refractivity contribution in [1.29, 1.82) is 0 Å². The molecule has 0 bridgehead atoms. The molecule has 0 amide bonds. The molecule has 98 valence electrons. The molecule has 0 atom stereocenters. The van der Waals surface area contributed by atoms with E-state index in [1.165, 1.54) is 5.56 Å². The first kappa shape index (κ1) is 14.8. The number of hydrogen-bond acceptors (Lipinski definition) is 1. The lowest BCUT2D eigenvalue weighted by molar-refractivity contribution is 0.768. The Morgan fingerprint density at radius 1 is 1.28 bits per heavy atom. The summed E-state index contributed by atoms with van der Waals surface area (Å²) in [5.74, 6) is 0. The van der Waals surface area contributed by atoms with Crippen molar-refractivity contribution in [2.45, 2.75) is 33.6 Å². The van der Waals surface area contributed by atoms with Gasteiger partial charge in [-0.15, -0.1) is 0 Å². The van der Waals surface area contributed by atoms with Crippen molar-refractivity contribution in [1.82, 2.24) is 9.78 Å². The molecule has 0 aliphatic heterocycles. The van der Waals surface area contributed by atoms with Gasteiger partial charge in [-0.25, -0.2) is 0 Å². The molecule has 1 aromatic heterocycles. The second-order valence-corrected chi connectivity index (χ2v) is 4.37. The van der Waals surface area contributed by atoms with Crippen molar-refractivity contribution in [2.24, 2.45) is 7.05 Å². The first-order valence-electron chi connectivity index (χ1n) is 6.48. The van der Waals surface area contributed by atoms with Gasteiger partial charge in [-0.2, -0.15) is 5.10 Å². The Labute approximate surface area is 115 Å². The average molecular weight is 265 g/mol.